The Bertz CT molecular complexity index is 62.9. The van der Waals surface area contributed by atoms with Gasteiger partial charge >= 0.3 is 0 Å². The van der Waals surface area contributed by atoms with E-state index in [0.29, 0.717) is 12.1 Å². The molecule has 2 heteroatoms. The van der Waals surface area contributed by atoms with Crippen LogP contribution in [0.15, 0.2) is 0 Å². The third-order valence-electron chi connectivity index (χ3n) is 1.82. The second kappa shape index (κ2) is 2.46. The second-order valence-electron chi connectivity index (χ2n) is 2.55. The van der Waals surface area contributed by atoms with Crippen LogP contribution in [0, 0.1) is 0 Å². The van der Waals surface area contributed by atoms with Gasteiger partial charge in [-0.25, -0.2) is 0 Å². The molecule has 0 aromatic rings. The molecule has 2 atom stereocenters. The second-order valence-corrected chi connectivity index (χ2v) is 2.55. The average Bonchev–Trinajstić information content (AvgIpc) is 1.77. The van der Waals surface area contributed by atoms with E-state index in [1.165, 1.54) is 12.8 Å². The van der Waals surface area contributed by atoms with E-state index >= 15 is 0 Å². The first-order chi connectivity index (χ1) is 3.80. The van der Waals surface area contributed by atoms with Crippen LogP contribution in [-0.2, 0) is 0 Å². The van der Waals surface area contributed by atoms with E-state index in [4.69, 9.17) is 5.73 Å². The number of hydrogen-bond donors (Lipinski definition) is 2. The number of rotatable bonds is 0. The van der Waals surface area contributed by atoms with Crippen LogP contribution in [0.2, 0.25) is 0 Å². The minimum absolute atomic E-state index is 0.392. The van der Waals surface area contributed by atoms with Gasteiger partial charge in [-0.05, 0) is 26.3 Å². The molecule has 0 aromatic heterocycles. The fourth-order valence-corrected chi connectivity index (χ4v) is 1.07. The van der Waals surface area contributed by atoms with Crippen molar-refractivity contribution in [2.45, 2.75) is 31.8 Å². The van der Waals surface area contributed by atoms with Crippen LogP contribution in [0.4, 0.5) is 0 Å². The molecule has 1 rings (SSSR count). The SMILES string of the molecule is C[C@@H]1NCCC[C@H]1N. The van der Waals surface area contributed by atoms with E-state index in [-0.39, 0.29) is 0 Å². The summed E-state index contributed by atoms with van der Waals surface area (Å²) >= 11 is 0. The van der Waals surface area contributed by atoms with Gasteiger partial charge in [0.25, 0.3) is 0 Å². The molecule has 3 N–H and O–H groups in total. The zero-order valence-electron chi connectivity index (χ0n) is 5.35. The first-order valence-corrected chi connectivity index (χ1v) is 3.29. The molecule has 0 spiro atoms. The molecule has 1 aliphatic rings. The largest absolute Gasteiger partial charge is 0.326 e. The zero-order valence-corrected chi connectivity index (χ0v) is 5.35. The highest BCUT2D eigenvalue weighted by molar-refractivity contribution is 4.79. The first-order valence-electron chi connectivity index (χ1n) is 3.29. The van der Waals surface area contributed by atoms with E-state index in [9.17, 15) is 0 Å². The van der Waals surface area contributed by atoms with Crippen molar-refractivity contribution in [3.05, 3.63) is 0 Å². The molecular formula is C6H14N2. The molecule has 0 aliphatic carbocycles. The monoisotopic (exact) mass is 114 g/mol. The number of piperidine rings is 1. The Labute approximate surface area is 50.4 Å². The lowest BCUT2D eigenvalue weighted by molar-refractivity contribution is 0.371. The van der Waals surface area contributed by atoms with Crippen molar-refractivity contribution in [2.24, 2.45) is 5.73 Å². The normalized spacial score (nSPS) is 39.8. The zero-order chi connectivity index (χ0) is 5.98. The fraction of sp³-hybridized carbons (Fsp3) is 1.00. The van der Waals surface area contributed by atoms with E-state index in [0.717, 1.165) is 6.54 Å². The van der Waals surface area contributed by atoms with Gasteiger partial charge in [-0.3, -0.25) is 0 Å². The minimum atomic E-state index is 0.392. The maximum Gasteiger partial charge on any atom is 0.0192 e. The molecule has 0 radical (unpaired) electrons. The molecule has 0 amide bonds. The number of hydrogen-bond acceptors (Lipinski definition) is 2. The predicted octanol–water partition coefficient (Wildman–Crippen LogP) is 0.0856. The fourth-order valence-electron chi connectivity index (χ4n) is 1.07. The standard InChI is InChI=1S/C6H14N2/c1-5-6(7)3-2-4-8-5/h5-6,8H,2-4,7H2,1H3/t5-,6+/m0/s1. The molecule has 1 heterocycles. The van der Waals surface area contributed by atoms with Crippen molar-refractivity contribution in [3.63, 3.8) is 0 Å². The maximum absolute atomic E-state index is 5.72. The molecule has 1 aliphatic heterocycles. The third kappa shape index (κ3) is 1.20. The molecule has 0 aromatic carbocycles. The van der Waals surface area contributed by atoms with Crippen LogP contribution in [-0.4, -0.2) is 18.6 Å². The van der Waals surface area contributed by atoms with Gasteiger partial charge in [0, 0.05) is 12.1 Å². The minimum Gasteiger partial charge on any atom is -0.326 e. The van der Waals surface area contributed by atoms with Crippen molar-refractivity contribution >= 4 is 0 Å². The quantitative estimate of drug-likeness (QED) is 0.468. The molecule has 2 nitrogen and oxygen atoms in total. The summed E-state index contributed by atoms with van der Waals surface area (Å²) in [6, 6.07) is 0.924. The molecule has 0 bridgehead atoms. The van der Waals surface area contributed by atoms with E-state index in [2.05, 4.69) is 12.2 Å². The molecule has 0 saturated carbocycles. The van der Waals surface area contributed by atoms with Crippen molar-refractivity contribution in [1.29, 1.82) is 0 Å². The van der Waals surface area contributed by atoms with Crippen LogP contribution < -0.4 is 11.1 Å². The lowest BCUT2D eigenvalue weighted by Crippen LogP contribution is -2.47. The summed E-state index contributed by atoms with van der Waals surface area (Å²) in [4.78, 5) is 0. The van der Waals surface area contributed by atoms with Gasteiger partial charge in [-0.1, -0.05) is 0 Å². The van der Waals surface area contributed by atoms with Crippen LogP contribution in [0.1, 0.15) is 19.8 Å². The Balaban J connectivity index is 2.28. The summed E-state index contributed by atoms with van der Waals surface area (Å²) in [7, 11) is 0. The van der Waals surface area contributed by atoms with Crippen molar-refractivity contribution < 1.29 is 0 Å². The van der Waals surface area contributed by atoms with E-state index < -0.39 is 0 Å². The summed E-state index contributed by atoms with van der Waals surface area (Å²) in [5.41, 5.74) is 5.72. The summed E-state index contributed by atoms with van der Waals surface area (Å²) < 4.78 is 0. The highest BCUT2D eigenvalue weighted by atomic mass is 15.0. The molecule has 0 unspecified atom stereocenters. The summed E-state index contributed by atoms with van der Waals surface area (Å²) in [5.74, 6) is 0. The summed E-state index contributed by atoms with van der Waals surface area (Å²) in [5, 5.41) is 3.31. The van der Waals surface area contributed by atoms with Crippen LogP contribution >= 0.6 is 0 Å². The number of nitrogens with two attached hydrogens (primary N) is 1. The highest BCUT2D eigenvalue weighted by Gasteiger charge is 2.15. The van der Waals surface area contributed by atoms with Crippen LogP contribution in [0.3, 0.4) is 0 Å². The maximum atomic E-state index is 5.72. The lowest BCUT2D eigenvalue weighted by atomic mass is 10.0. The Kier molecular flexibility index (Phi) is 1.86. The molecule has 1 fully saturated rings. The molecule has 8 heavy (non-hydrogen) atoms. The van der Waals surface area contributed by atoms with Gasteiger partial charge in [0.15, 0.2) is 0 Å². The smallest absolute Gasteiger partial charge is 0.0192 e. The highest BCUT2D eigenvalue weighted by Crippen LogP contribution is 2.03. The lowest BCUT2D eigenvalue weighted by Gasteiger charge is -2.26. The van der Waals surface area contributed by atoms with Gasteiger partial charge in [0.2, 0.25) is 0 Å². The van der Waals surface area contributed by atoms with Gasteiger partial charge in [0.1, 0.15) is 0 Å². The van der Waals surface area contributed by atoms with Gasteiger partial charge in [-0.15, -0.1) is 0 Å². The Hall–Kier alpha value is -0.0800. The third-order valence-corrected chi connectivity index (χ3v) is 1.82. The average molecular weight is 114 g/mol. The summed E-state index contributed by atoms with van der Waals surface area (Å²) in [6.45, 7) is 3.29. The van der Waals surface area contributed by atoms with Gasteiger partial charge < -0.3 is 11.1 Å². The Morgan fingerprint density at radius 3 is 2.75 bits per heavy atom. The van der Waals surface area contributed by atoms with Crippen molar-refractivity contribution in [1.82, 2.24) is 5.32 Å². The van der Waals surface area contributed by atoms with Crippen molar-refractivity contribution in [2.75, 3.05) is 6.54 Å². The van der Waals surface area contributed by atoms with Crippen molar-refractivity contribution in [3.8, 4) is 0 Å². The predicted molar refractivity (Wildman–Crippen MR) is 34.7 cm³/mol. The van der Waals surface area contributed by atoms with E-state index in [1.807, 2.05) is 0 Å². The molecular weight excluding hydrogens is 100 g/mol. The Morgan fingerprint density at radius 2 is 2.38 bits per heavy atom. The first kappa shape index (κ1) is 6.05. The topological polar surface area (TPSA) is 38.0 Å². The van der Waals surface area contributed by atoms with Crippen LogP contribution in [0.5, 0.6) is 0 Å². The molecule has 1 saturated heterocycles. The van der Waals surface area contributed by atoms with Gasteiger partial charge in [0.05, 0.1) is 0 Å². The van der Waals surface area contributed by atoms with Crippen LogP contribution in [0.25, 0.3) is 0 Å². The summed E-state index contributed by atoms with van der Waals surface area (Å²) in [6.07, 6.45) is 2.43. The molecule has 48 valence electrons. The Morgan fingerprint density at radius 1 is 1.62 bits per heavy atom. The van der Waals surface area contributed by atoms with E-state index in [1.54, 1.807) is 0 Å². The van der Waals surface area contributed by atoms with Gasteiger partial charge in [-0.2, -0.15) is 0 Å². The number of nitrogens with one attached hydrogen (secondary N) is 1.